The molecule has 2 heterocycles. The van der Waals surface area contributed by atoms with E-state index >= 15 is 0 Å². The molecule has 0 bridgehead atoms. The number of hydrogen-bond donors (Lipinski definition) is 2. The molecule has 0 unspecified atom stereocenters. The fraction of sp³-hybridized carbons (Fsp3) is 0.0588. The van der Waals surface area contributed by atoms with Gasteiger partial charge in [0.05, 0.1) is 5.56 Å². The molecule has 0 radical (unpaired) electrons. The van der Waals surface area contributed by atoms with Crippen molar-refractivity contribution in [1.29, 1.82) is 0 Å². The zero-order chi connectivity index (χ0) is 16.5. The fourth-order valence-electron chi connectivity index (χ4n) is 1.68. The Bertz CT molecular complexity index is 732. The van der Waals surface area contributed by atoms with Gasteiger partial charge in [-0.1, -0.05) is 36.4 Å². The van der Waals surface area contributed by atoms with Crippen molar-refractivity contribution in [3.05, 3.63) is 78.2 Å². The third-order valence-corrected chi connectivity index (χ3v) is 2.87. The van der Waals surface area contributed by atoms with Crippen LogP contribution in [0.25, 0.3) is 11.5 Å². The molecular formula is C17H16N4O2. The number of nitrogens with zero attached hydrogens (tertiary/aromatic N) is 3. The summed E-state index contributed by atoms with van der Waals surface area (Å²) in [6, 6.07) is 15.4. The summed E-state index contributed by atoms with van der Waals surface area (Å²) in [5.74, 6) is -0.622. The molecule has 0 aliphatic carbocycles. The maximum absolute atomic E-state index is 10.6. The molecule has 23 heavy (non-hydrogen) atoms. The molecule has 2 aromatic heterocycles. The zero-order valence-electron chi connectivity index (χ0n) is 12.3. The monoisotopic (exact) mass is 308 g/mol. The third kappa shape index (κ3) is 4.98. The van der Waals surface area contributed by atoms with Gasteiger partial charge in [0.15, 0.2) is 5.82 Å². The standard InChI is InChI=1S/C10H7N3O2.C7H9N/c14-10(15)7-5-12-9(13-6-7)8-3-1-2-4-11-8;8-6-7-4-2-1-3-5-7/h1-6H,(H,14,15);1-5H,6,8H2. The molecule has 1 aromatic carbocycles. The summed E-state index contributed by atoms with van der Waals surface area (Å²) in [5.41, 5.74) is 7.22. The van der Waals surface area contributed by atoms with Crippen molar-refractivity contribution >= 4 is 5.97 Å². The smallest absolute Gasteiger partial charge is 0.338 e. The van der Waals surface area contributed by atoms with Crippen molar-refractivity contribution in [1.82, 2.24) is 15.0 Å². The molecular weight excluding hydrogens is 292 g/mol. The minimum absolute atomic E-state index is 0.0645. The Hall–Kier alpha value is -3.12. The highest BCUT2D eigenvalue weighted by molar-refractivity contribution is 5.86. The van der Waals surface area contributed by atoms with Gasteiger partial charge in [0, 0.05) is 25.1 Å². The second-order valence-electron chi connectivity index (χ2n) is 4.51. The average molecular weight is 308 g/mol. The van der Waals surface area contributed by atoms with Gasteiger partial charge in [0.25, 0.3) is 0 Å². The molecule has 3 aromatic rings. The van der Waals surface area contributed by atoms with Crippen molar-refractivity contribution < 1.29 is 9.90 Å². The Morgan fingerprint density at radius 2 is 1.61 bits per heavy atom. The molecule has 0 saturated carbocycles. The highest BCUT2D eigenvalue weighted by atomic mass is 16.4. The molecule has 0 fully saturated rings. The number of carboxylic acid groups (broad SMARTS) is 1. The highest BCUT2D eigenvalue weighted by Crippen LogP contribution is 2.09. The van der Waals surface area contributed by atoms with Gasteiger partial charge in [-0.3, -0.25) is 4.98 Å². The van der Waals surface area contributed by atoms with Gasteiger partial charge in [-0.2, -0.15) is 0 Å². The third-order valence-electron chi connectivity index (χ3n) is 2.87. The number of aromatic carboxylic acids is 1. The summed E-state index contributed by atoms with van der Waals surface area (Å²) in [6.45, 7) is 0.640. The van der Waals surface area contributed by atoms with E-state index in [0.717, 1.165) is 0 Å². The first-order chi connectivity index (χ1) is 11.2. The Balaban J connectivity index is 0.000000203. The van der Waals surface area contributed by atoms with E-state index in [0.29, 0.717) is 18.1 Å². The van der Waals surface area contributed by atoms with Gasteiger partial charge in [-0.05, 0) is 17.7 Å². The van der Waals surface area contributed by atoms with Gasteiger partial charge in [0.1, 0.15) is 5.69 Å². The fourth-order valence-corrected chi connectivity index (χ4v) is 1.68. The molecule has 0 spiro atoms. The molecule has 116 valence electrons. The zero-order valence-corrected chi connectivity index (χ0v) is 12.3. The molecule has 3 N–H and O–H groups in total. The van der Waals surface area contributed by atoms with Crippen LogP contribution < -0.4 is 5.73 Å². The van der Waals surface area contributed by atoms with E-state index in [4.69, 9.17) is 10.8 Å². The Morgan fingerprint density at radius 1 is 0.957 bits per heavy atom. The summed E-state index contributed by atoms with van der Waals surface area (Å²) >= 11 is 0. The van der Waals surface area contributed by atoms with Crippen LogP contribution in [0, 0.1) is 0 Å². The van der Waals surface area contributed by atoms with Crippen LogP contribution in [-0.2, 0) is 6.54 Å². The molecule has 3 rings (SSSR count). The van der Waals surface area contributed by atoms with Crippen LogP contribution in [0.4, 0.5) is 0 Å². The van der Waals surface area contributed by atoms with Crippen LogP contribution in [-0.4, -0.2) is 26.0 Å². The van der Waals surface area contributed by atoms with E-state index < -0.39 is 5.97 Å². The predicted molar refractivity (Wildman–Crippen MR) is 86.6 cm³/mol. The summed E-state index contributed by atoms with van der Waals surface area (Å²) in [7, 11) is 0. The highest BCUT2D eigenvalue weighted by Gasteiger charge is 2.05. The summed E-state index contributed by atoms with van der Waals surface area (Å²) < 4.78 is 0. The summed E-state index contributed by atoms with van der Waals surface area (Å²) in [6.07, 6.45) is 4.16. The number of aromatic nitrogens is 3. The van der Waals surface area contributed by atoms with Crippen molar-refractivity contribution in [2.45, 2.75) is 6.54 Å². The number of nitrogens with two attached hydrogens (primary N) is 1. The van der Waals surface area contributed by atoms with E-state index in [2.05, 4.69) is 15.0 Å². The lowest BCUT2D eigenvalue weighted by Crippen LogP contribution is -1.99. The SMILES string of the molecule is NCc1ccccc1.O=C(O)c1cnc(-c2ccccn2)nc1. The number of benzene rings is 1. The molecule has 6 nitrogen and oxygen atoms in total. The number of carbonyl (C=O) groups is 1. The Kier molecular flexibility index (Phi) is 5.90. The molecule has 0 atom stereocenters. The van der Waals surface area contributed by atoms with Gasteiger partial charge in [-0.15, -0.1) is 0 Å². The molecule has 6 heteroatoms. The van der Waals surface area contributed by atoms with Crippen LogP contribution in [0.2, 0.25) is 0 Å². The van der Waals surface area contributed by atoms with Gasteiger partial charge < -0.3 is 10.8 Å². The van der Waals surface area contributed by atoms with E-state index in [1.807, 2.05) is 36.4 Å². The lowest BCUT2D eigenvalue weighted by atomic mass is 10.2. The van der Waals surface area contributed by atoms with E-state index in [1.165, 1.54) is 18.0 Å². The number of hydrogen-bond acceptors (Lipinski definition) is 5. The number of carboxylic acids is 1. The second-order valence-corrected chi connectivity index (χ2v) is 4.51. The minimum Gasteiger partial charge on any atom is -0.478 e. The van der Waals surface area contributed by atoms with Crippen LogP contribution in [0.1, 0.15) is 15.9 Å². The van der Waals surface area contributed by atoms with E-state index in [1.54, 1.807) is 18.3 Å². The largest absolute Gasteiger partial charge is 0.478 e. The van der Waals surface area contributed by atoms with Crippen molar-refractivity contribution in [2.75, 3.05) is 0 Å². The summed E-state index contributed by atoms with van der Waals surface area (Å²) in [4.78, 5) is 22.4. The maximum Gasteiger partial charge on any atom is 0.338 e. The molecule has 0 saturated heterocycles. The van der Waals surface area contributed by atoms with Gasteiger partial charge in [0.2, 0.25) is 0 Å². The van der Waals surface area contributed by atoms with Crippen LogP contribution in [0.3, 0.4) is 0 Å². The first-order valence-electron chi connectivity index (χ1n) is 6.91. The van der Waals surface area contributed by atoms with Crippen LogP contribution in [0.15, 0.2) is 67.1 Å². The first-order valence-corrected chi connectivity index (χ1v) is 6.91. The minimum atomic E-state index is -1.04. The Labute approximate surface area is 133 Å². The van der Waals surface area contributed by atoms with Gasteiger partial charge >= 0.3 is 5.97 Å². The van der Waals surface area contributed by atoms with Crippen molar-refractivity contribution in [3.8, 4) is 11.5 Å². The van der Waals surface area contributed by atoms with E-state index in [9.17, 15) is 4.79 Å². The maximum atomic E-state index is 10.6. The molecule has 0 aliphatic rings. The predicted octanol–water partition coefficient (Wildman–Crippen LogP) is 2.38. The van der Waals surface area contributed by atoms with Crippen molar-refractivity contribution in [2.24, 2.45) is 5.73 Å². The summed E-state index contributed by atoms with van der Waals surface area (Å²) in [5, 5.41) is 8.65. The average Bonchev–Trinajstić information content (AvgIpc) is 2.64. The topological polar surface area (TPSA) is 102 Å². The lowest BCUT2D eigenvalue weighted by Gasteiger charge is -1.98. The normalized spacial score (nSPS) is 9.61. The van der Waals surface area contributed by atoms with Crippen molar-refractivity contribution in [3.63, 3.8) is 0 Å². The van der Waals surface area contributed by atoms with Crippen LogP contribution in [0.5, 0.6) is 0 Å². The first kappa shape index (κ1) is 16.3. The number of pyridine rings is 1. The quantitative estimate of drug-likeness (QED) is 0.770. The van der Waals surface area contributed by atoms with E-state index in [-0.39, 0.29) is 5.56 Å². The lowest BCUT2D eigenvalue weighted by molar-refractivity contribution is 0.0696. The molecule has 0 aliphatic heterocycles. The Morgan fingerprint density at radius 3 is 2.09 bits per heavy atom. The molecule has 0 amide bonds. The number of rotatable bonds is 3. The van der Waals surface area contributed by atoms with Gasteiger partial charge in [-0.25, -0.2) is 14.8 Å². The second kappa shape index (κ2) is 8.35. The van der Waals surface area contributed by atoms with Crippen LogP contribution >= 0.6 is 0 Å².